The predicted molar refractivity (Wildman–Crippen MR) is 148 cm³/mol. The largest absolute Gasteiger partial charge is 0.462 e. The van der Waals surface area contributed by atoms with Crippen molar-refractivity contribution in [3.05, 3.63) is 74.5 Å². The molecule has 2 heterocycles. The van der Waals surface area contributed by atoms with Gasteiger partial charge in [-0.05, 0) is 32.2 Å². The Morgan fingerprint density at radius 3 is 2.50 bits per heavy atom. The van der Waals surface area contributed by atoms with E-state index < -0.39 is 79.0 Å². The Morgan fingerprint density at radius 1 is 1.18 bits per heavy atom. The van der Waals surface area contributed by atoms with Gasteiger partial charge in [0.2, 0.25) is 6.23 Å². The number of H-pyrrole nitrogens is 1. The van der Waals surface area contributed by atoms with Crippen LogP contribution >= 0.6 is 19.3 Å². The second kappa shape index (κ2) is 12.6. The van der Waals surface area contributed by atoms with Crippen LogP contribution in [0.1, 0.15) is 27.0 Å². The van der Waals surface area contributed by atoms with Gasteiger partial charge in [-0.15, -0.1) is 0 Å². The van der Waals surface area contributed by atoms with Crippen LogP contribution in [0.15, 0.2) is 58.3 Å². The fourth-order valence-corrected chi connectivity index (χ4v) is 6.04. The van der Waals surface area contributed by atoms with Gasteiger partial charge in [0.25, 0.3) is 12.0 Å². The summed E-state index contributed by atoms with van der Waals surface area (Å²) in [5.74, 6) is -5.64. The third kappa shape index (κ3) is 6.55. The molecular weight excluding hydrogens is 641 g/mol. The number of aliphatic hydroxyl groups excluding tert-OH is 1. The average molecular weight is 668 g/mol. The molecule has 12 nitrogen and oxygen atoms in total. The van der Waals surface area contributed by atoms with E-state index in [1.165, 1.54) is 32.9 Å². The Balaban J connectivity index is 1.72. The third-order valence-electron chi connectivity index (χ3n) is 6.52. The maximum absolute atomic E-state index is 15.3. The lowest BCUT2D eigenvalue weighted by molar-refractivity contribution is -0.193. The van der Waals surface area contributed by atoms with Crippen LogP contribution < -0.4 is 20.9 Å². The van der Waals surface area contributed by atoms with Crippen molar-refractivity contribution >= 4 is 36.1 Å². The smallest absolute Gasteiger partial charge is 0.459 e. The number of nitrogens with one attached hydrogen (secondary N) is 2. The summed E-state index contributed by atoms with van der Waals surface area (Å²) < 4.78 is 94.6. The van der Waals surface area contributed by atoms with E-state index in [4.69, 9.17) is 30.1 Å². The van der Waals surface area contributed by atoms with Crippen LogP contribution in [0.3, 0.4) is 0 Å². The van der Waals surface area contributed by atoms with Gasteiger partial charge in [-0.2, -0.15) is 13.9 Å². The maximum Gasteiger partial charge on any atom is 0.459 e. The molecule has 18 heteroatoms. The Kier molecular flexibility index (Phi) is 9.64. The molecule has 3 aromatic rings. The van der Waals surface area contributed by atoms with Gasteiger partial charge in [-0.3, -0.25) is 23.7 Å². The molecule has 3 N–H and O–H groups in total. The first kappa shape index (κ1) is 33.6. The Bertz CT molecular complexity index is 1700. The van der Waals surface area contributed by atoms with Gasteiger partial charge in [0.1, 0.15) is 16.8 Å². The number of hydrogen-bond donors (Lipinski definition) is 3. The first-order valence-corrected chi connectivity index (χ1v) is 14.9. The van der Waals surface area contributed by atoms with Crippen molar-refractivity contribution in [2.24, 2.45) is 0 Å². The van der Waals surface area contributed by atoms with Crippen LogP contribution in [0.25, 0.3) is 10.8 Å². The molecule has 44 heavy (non-hydrogen) atoms. The molecule has 1 aromatic heterocycles. The van der Waals surface area contributed by atoms with Gasteiger partial charge in [0, 0.05) is 11.6 Å². The van der Waals surface area contributed by atoms with Crippen LogP contribution in [-0.4, -0.2) is 63.4 Å². The van der Waals surface area contributed by atoms with E-state index in [-0.39, 0.29) is 10.3 Å². The highest BCUT2D eigenvalue weighted by molar-refractivity contribution is 7.52. The first-order chi connectivity index (χ1) is 20.5. The van der Waals surface area contributed by atoms with Gasteiger partial charge in [-0.1, -0.05) is 48.0 Å². The normalized spacial score (nSPS) is 23.5. The number of alkyl halides is 4. The molecule has 1 saturated heterocycles. The second-order valence-electron chi connectivity index (χ2n) is 10.1. The number of rotatable bonds is 11. The number of ether oxygens (including phenoxy) is 2. The number of halogens is 5. The van der Waals surface area contributed by atoms with Crippen LogP contribution in [0.5, 0.6) is 5.75 Å². The number of hydrogen-bond acceptors (Lipinski definition) is 9. The van der Waals surface area contributed by atoms with E-state index in [9.17, 15) is 32.8 Å². The molecule has 0 bridgehead atoms. The average Bonchev–Trinajstić information content (AvgIpc) is 3.15. The summed E-state index contributed by atoms with van der Waals surface area (Å²) in [5, 5.41) is 13.0. The number of esters is 1. The highest BCUT2D eigenvalue weighted by atomic mass is 35.5. The number of carbonyl (C=O) groups excluding carboxylic acids is 1. The van der Waals surface area contributed by atoms with Crippen LogP contribution in [-0.2, 0) is 23.4 Å². The van der Waals surface area contributed by atoms with Crippen LogP contribution in [0, 0.1) is 0 Å². The minimum Gasteiger partial charge on any atom is -0.462 e. The quantitative estimate of drug-likeness (QED) is 0.155. The molecule has 0 amide bonds. The molecule has 0 spiro atoms. The molecular formula is C26H27ClF4N3O9P. The summed E-state index contributed by atoms with van der Waals surface area (Å²) in [5.41, 5.74) is -6.27. The number of aliphatic hydroxyl groups is 1. The number of benzene rings is 2. The molecule has 0 radical (unpaired) electrons. The van der Waals surface area contributed by atoms with E-state index in [0.29, 0.717) is 17.0 Å². The Hall–Kier alpha value is -3.27. The van der Waals surface area contributed by atoms with Gasteiger partial charge >= 0.3 is 25.3 Å². The van der Waals surface area contributed by atoms with E-state index in [1.807, 2.05) is 0 Å². The zero-order valence-corrected chi connectivity index (χ0v) is 24.9. The molecule has 2 aromatic carbocycles. The highest BCUT2D eigenvalue weighted by Gasteiger charge is 2.71. The molecule has 5 unspecified atom stereocenters. The zero-order valence-electron chi connectivity index (χ0n) is 23.2. The Morgan fingerprint density at radius 2 is 1.84 bits per heavy atom. The minimum absolute atomic E-state index is 0.0194. The zero-order chi connectivity index (χ0) is 32.6. The summed E-state index contributed by atoms with van der Waals surface area (Å²) in [6.07, 6.45) is -10.4. The number of aromatic amines is 1. The number of aromatic nitrogens is 2. The van der Waals surface area contributed by atoms with E-state index in [2.05, 4.69) is 5.09 Å². The molecule has 240 valence electrons. The highest BCUT2D eigenvalue weighted by Crippen LogP contribution is 2.53. The van der Waals surface area contributed by atoms with Crippen molar-refractivity contribution in [2.45, 2.75) is 63.2 Å². The standard InChI is InChI=1S/C26H27ClF4N3O9P/c1-13(2)41-20(36)14(3)33-44(39,43-18-10-6-8-15-7-4-5-9-16(15)18)40-12-25(22(28)29)21(37)26(30,31)23(42-25)34-11-17(27)19(35)32-24(34)38/h4-11,13-14,21-23,37H,12H2,1-3H3,(H,33,39)(H,32,35,38). The van der Waals surface area contributed by atoms with Crippen molar-refractivity contribution in [1.82, 2.24) is 14.6 Å². The number of carbonyl (C=O) groups is 1. The molecule has 1 aliphatic heterocycles. The summed E-state index contributed by atoms with van der Waals surface area (Å²) in [6.45, 7) is 2.57. The third-order valence-corrected chi connectivity index (χ3v) is 8.40. The summed E-state index contributed by atoms with van der Waals surface area (Å²) in [7, 11) is -4.97. The fraction of sp³-hybridized carbons (Fsp3) is 0.423. The van der Waals surface area contributed by atoms with E-state index >= 15 is 8.78 Å². The van der Waals surface area contributed by atoms with Crippen LogP contribution in [0.4, 0.5) is 17.6 Å². The summed E-state index contributed by atoms with van der Waals surface area (Å²) >= 11 is 5.63. The van der Waals surface area contributed by atoms with Crippen molar-refractivity contribution in [2.75, 3.05) is 6.61 Å². The van der Waals surface area contributed by atoms with Crippen molar-refractivity contribution in [1.29, 1.82) is 0 Å². The number of nitrogens with zero attached hydrogens (tertiary/aromatic N) is 1. The molecule has 1 fully saturated rings. The first-order valence-electron chi connectivity index (χ1n) is 12.9. The van der Waals surface area contributed by atoms with Crippen LogP contribution in [0.2, 0.25) is 5.02 Å². The lowest BCUT2D eigenvalue weighted by Crippen LogP contribution is -2.54. The van der Waals surface area contributed by atoms with Crippen molar-refractivity contribution < 1.29 is 50.5 Å². The summed E-state index contributed by atoms with van der Waals surface area (Å²) in [4.78, 5) is 38.0. The lowest BCUT2D eigenvalue weighted by atomic mass is 9.96. The fourth-order valence-electron chi connectivity index (χ4n) is 4.34. The molecule has 4 rings (SSSR count). The van der Waals surface area contributed by atoms with Gasteiger partial charge in [0.15, 0.2) is 11.7 Å². The predicted octanol–water partition coefficient (Wildman–Crippen LogP) is 4.01. The molecule has 0 saturated carbocycles. The van der Waals surface area contributed by atoms with Crippen molar-refractivity contribution in [3.8, 4) is 5.75 Å². The topological polar surface area (TPSA) is 158 Å². The van der Waals surface area contributed by atoms with Gasteiger partial charge in [-0.25, -0.2) is 18.1 Å². The molecule has 1 aliphatic rings. The van der Waals surface area contributed by atoms with Gasteiger partial charge < -0.3 is 19.1 Å². The van der Waals surface area contributed by atoms with E-state index in [1.54, 1.807) is 35.3 Å². The second-order valence-corrected chi connectivity index (χ2v) is 12.2. The minimum atomic E-state index is -4.97. The van der Waals surface area contributed by atoms with E-state index in [0.717, 1.165) is 0 Å². The SMILES string of the molecule is CC(C)OC(=O)C(C)NP(=O)(OCC1(C(F)F)OC(n2cc(Cl)c(=O)[nH]c2=O)C(F)(F)C1O)Oc1cccc2ccccc12. The molecule has 5 atom stereocenters. The summed E-state index contributed by atoms with van der Waals surface area (Å²) in [6, 6.07) is 9.71. The number of fused-ring (bicyclic) bond motifs is 1. The maximum atomic E-state index is 15.3. The van der Waals surface area contributed by atoms with Gasteiger partial charge in [0.05, 0.1) is 12.7 Å². The Labute approximate surface area is 251 Å². The molecule has 0 aliphatic carbocycles. The van der Waals surface area contributed by atoms with Crippen molar-refractivity contribution in [3.63, 3.8) is 0 Å². The lowest BCUT2D eigenvalue weighted by Gasteiger charge is -2.32. The monoisotopic (exact) mass is 667 g/mol.